The normalized spacial score (nSPS) is 10.3. The Bertz CT molecular complexity index is 578. The lowest BCUT2D eigenvalue weighted by Crippen LogP contribution is -2.05. The topological polar surface area (TPSA) is 30.0 Å². The largest absolute Gasteiger partial charge is 0.289 e. The van der Waals surface area contributed by atoms with Crippen LogP contribution in [0.25, 0.3) is 0 Å². The van der Waals surface area contributed by atoms with Gasteiger partial charge in [0.15, 0.2) is 5.78 Å². The van der Waals surface area contributed by atoms with Crippen molar-refractivity contribution in [3.05, 3.63) is 64.7 Å². The van der Waals surface area contributed by atoms with E-state index in [2.05, 4.69) is 4.98 Å². The molecule has 0 radical (unpaired) electrons. The number of halogens is 1. The second kappa shape index (κ2) is 4.45. The van der Waals surface area contributed by atoms with Crippen LogP contribution in [0.3, 0.4) is 0 Å². The fraction of sp³-hybridized carbons (Fsp3) is 0.143. The fourth-order valence-corrected chi connectivity index (χ4v) is 1.64. The van der Waals surface area contributed by atoms with Crippen LogP contribution in [0.4, 0.5) is 4.39 Å². The van der Waals surface area contributed by atoms with Crippen LogP contribution in [-0.4, -0.2) is 10.8 Å². The predicted molar refractivity (Wildman–Crippen MR) is 63.5 cm³/mol. The maximum absolute atomic E-state index is 13.1. The molecule has 0 saturated carbocycles. The third-order valence-electron chi connectivity index (χ3n) is 2.70. The van der Waals surface area contributed by atoms with Gasteiger partial charge in [-0.15, -0.1) is 0 Å². The Morgan fingerprint density at radius 3 is 2.59 bits per heavy atom. The minimum atomic E-state index is -0.301. The molecule has 0 aliphatic carbocycles. The van der Waals surface area contributed by atoms with Crippen LogP contribution in [0, 0.1) is 19.7 Å². The van der Waals surface area contributed by atoms with E-state index in [0.717, 1.165) is 5.56 Å². The van der Waals surface area contributed by atoms with Gasteiger partial charge in [-0.25, -0.2) is 4.39 Å². The zero-order chi connectivity index (χ0) is 12.4. The summed E-state index contributed by atoms with van der Waals surface area (Å²) < 4.78 is 13.1. The van der Waals surface area contributed by atoms with Gasteiger partial charge in [-0.05, 0) is 49.2 Å². The first kappa shape index (κ1) is 11.5. The Morgan fingerprint density at radius 1 is 1.18 bits per heavy atom. The van der Waals surface area contributed by atoms with Crippen LogP contribution in [0.2, 0.25) is 0 Å². The number of ketones is 1. The summed E-state index contributed by atoms with van der Waals surface area (Å²) in [6.45, 7) is 3.49. The van der Waals surface area contributed by atoms with Gasteiger partial charge >= 0.3 is 0 Å². The number of aromatic nitrogens is 1. The number of carbonyl (C=O) groups excluding carboxylic acids is 1. The molecule has 0 aliphatic rings. The summed E-state index contributed by atoms with van der Waals surface area (Å²) in [5, 5.41) is 0. The van der Waals surface area contributed by atoms with Gasteiger partial charge < -0.3 is 0 Å². The van der Waals surface area contributed by atoms with Crippen molar-refractivity contribution < 1.29 is 9.18 Å². The molecular formula is C14H12FNO. The number of hydrogen-bond donors (Lipinski definition) is 0. The SMILES string of the molecule is Cc1cc(C(=O)c2cnccc2C)ccc1F. The second-order valence-corrected chi connectivity index (χ2v) is 3.98. The number of aryl methyl sites for hydroxylation is 2. The molecule has 1 heterocycles. The van der Waals surface area contributed by atoms with E-state index < -0.39 is 0 Å². The van der Waals surface area contributed by atoms with E-state index in [1.165, 1.54) is 18.3 Å². The molecule has 0 fully saturated rings. The molecule has 2 rings (SSSR count). The molecule has 1 aromatic heterocycles. The quantitative estimate of drug-likeness (QED) is 0.741. The third-order valence-corrected chi connectivity index (χ3v) is 2.70. The van der Waals surface area contributed by atoms with Crippen LogP contribution < -0.4 is 0 Å². The van der Waals surface area contributed by atoms with E-state index in [1.54, 1.807) is 25.3 Å². The van der Waals surface area contributed by atoms with Crippen molar-refractivity contribution in [3.8, 4) is 0 Å². The minimum absolute atomic E-state index is 0.126. The maximum atomic E-state index is 13.1. The molecular weight excluding hydrogens is 217 g/mol. The van der Waals surface area contributed by atoms with E-state index in [9.17, 15) is 9.18 Å². The molecule has 2 aromatic rings. The zero-order valence-electron chi connectivity index (χ0n) is 9.70. The molecule has 0 aliphatic heterocycles. The van der Waals surface area contributed by atoms with Crippen LogP contribution in [0.15, 0.2) is 36.7 Å². The molecule has 2 nitrogen and oxygen atoms in total. The van der Waals surface area contributed by atoms with Crippen LogP contribution >= 0.6 is 0 Å². The Kier molecular flexibility index (Phi) is 3.00. The molecule has 3 heteroatoms. The Morgan fingerprint density at radius 2 is 1.94 bits per heavy atom. The Balaban J connectivity index is 2.44. The molecule has 0 spiro atoms. The third kappa shape index (κ3) is 2.23. The number of hydrogen-bond acceptors (Lipinski definition) is 2. The first-order valence-electron chi connectivity index (χ1n) is 5.31. The molecule has 0 saturated heterocycles. The maximum Gasteiger partial charge on any atom is 0.194 e. The Hall–Kier alpha value is -2.03. The molecule has 1 aromatic carbocycles. The molecule has 0 bridgehead atoms. The highest BCUT2D eigenvalue weighted by atomic mass is 19.1. The van der Waals surface area contributed by atoms with Gasteiger partial charge in [-0.2, -0.15) is 0 Å². The lowest BCUT2D eigenvalue weighted by atomic mass is 10.00. The van der Waals surface area contributed by atoms with Crippen molar-refractivity contribution in [3.63, 3.8) is 0 Å². The van der Waals surface area contributed by atoms with E-state index in [-0.39, 0.29) is 11.6 Å². The molecule has 17 heavy (non-hydrogen) atoms. The highest BCUT2D eigenvalue weighted by molar-refractivity contribution is 6.09. The van der Waals surface area contributed by atoms with E-state index >= 15 is 0 Å². The molecule has 0 atom stereocenters. The summed E-state index contributed by atoms with van der Waals surface area (Å²) in [6, 6.07) is 6.15. The second-order valence-electron chi connectivity index (χ2n) is 3.98. The number of rotatable bonds is 2. The summed E-state index contributed by atoms with van der Waals surface area (Å²) in [6.07, 6.45) is 3.18. The molecule has 0 unspecified atom stereocenters. The van der Waals surface area contributed by atoms with Gasteiger partial charge in [0, 0.05) is 23.5 Å². The van der Waals surface area contributed by atoms with Crippen molar-refractivity contribution in [2.75, 3.05) is 0 Å². The van der Waals surface area contributed by atoms with Gasteiger partial charge in [0.2, 0.25) is 0 Å². The van der Waals surface area contributed by atoms with Gasteiger partial charge in [0.05, 0.1) is 0 Å². The predicted octanol–water partition coefficient (Wildman–Crippen LogP) is 3.07. The summed E-state index contributed by atoms with van der Waals surface area (Å²) >= 11 is 0. The molecule has 0 N–H and O–H groups in total. The van der Waals surface area contributed by atoms with E-state index in [4.69, 9.17) is 0 Å². The molecule has 0 amide bonds. The monoisotopic (exact) mass is 229 g/mol. The smallest absolute Gasteiger partial charge is 0.194 e. The summed E-state index contributed by atoms with van der Waals surface area (Å²) in [5.41, 5.74) is 2.38. The number of carbonyl (C=O) groups is 1. The van der Waals surface area contributed by atoms with Crippen LogP contribution in [-0.2, 0) is 0 Å². The van der Waals surface area contributed by atoms with E-state index in [0.29, 0.717) is 16.7 Å². The van der Waals surface area contributed by atoms with Crippen LogP contribution in [0.1, 0.15) is 27.0 Å². The highest BCUT2D eigenvalue weighted by Gasteiger charge is 2.12. The first-order chi connectivity index (χ1) is 8.09. The number of pyridine rings is 1. The van der Waals surface area contributed by atoms with Crippen molar-refractivity contribution in [2.45, 2.75) is 13.8 Å². The van der Waals surface area contributed by atoms with Crippen LogP contribution in [0.5, 0.6) is 0 Å². The highest BCUT2D eigenvalue weighted by Crippen LogP contribution is 2.15. The lowest BCUT2D eigenvalue weighted by Gasteiger charge is -2.05. The van der Waals surface area contributed by atoms with E-state index in [1.807, 2.05) is 6.92 Å². The average molecular weight is 229 g/mol. The average Bonchev–Trinajstić information content (AvgIpc) is 2.32. The van der Waals surface area contributed by atoms with Gasteiger partial charge in [0.1, 0.15) is 5.82 Å². The van der Waals surface area contributed by atoms with Crippen molar-refractivity contribution in [1.82, 2.24) is 4.98 Å². The number of nitrogens with zero attached hydrogens (tertiary/aromatic N) is 1. The zero-order valence-corrected chi connectivity index (χ0v) is 9.70. The fourth-order valence-electron chi connectivity index (χ4n) is 1.64. The standard InChI is InChI=1S/C14H12FNO/c1-9-5-6-16-8-12(9)14(17)11-3-4-13(15)10(2)7-11/h3-8H,1-2H3. The van der Waals surface area contributed by atoms with Gasteiger partial charge in [-0.1, -0.05) is 0 Å². The van der Waals surface area contributed by atoms with Gasteiger partial charge in [-0.3, -0.25) is 9.78 Å². The summed E-state index contributed by atoms with van der Waals surface area (Å²) in [5.74, 6) is -0.428. The van der Waals surface area contributed by atoms with Gasteiger partial charge in [0.25, 0.3) is 0 Å². The summed E-state index contributed by atoms with van der Waals surface area (Å²) in [4.78, 5) is 16.1. The van der Waals surface area contributed by atoms with Crippen molar-refractivity contribution in [2.24, 2.45) is 0 Å². The summed E-state index contributed by atoms with van der Waals surface area (Å²) in [7, 11) is 0. The number of benzene rings is 1. The molecule has 86 valence electrons. The van der Waals surface area contributed by atoms with Crippen molar-refractivity contribution in [1.29, 1.82) is 0 Å². The minimum Gasteiger partial charge on any atom is -0.289 e. The Labute approximate surface area is 99.1 Å². The van der Waals surface area contributed by atoms with Crippen molar-refractivity contribution >= 4 is 5.78 Å². The lowest BCUT2D eigenvalue weighted by molar-refractivity contribution is 0.103. The first-order valence-corrected chi connectivity index (χ1v) is 5.31.